The van der Waals surface area contributed by atoms with Crippen molar-refractivity contribution in [3.8, 4) is 11.1 Å². The summed E-state index contributed by atoms with van der Waals surface area (Å²) in [5.41, 5.74) is 3.23. The van der Waals surface area contributed by atoms with Gasteiger partial charge in [0, 0.05) is 37.5 Å². The van der Waals surface area contributed by atoms with E-state index in [1.807, 2.05) is 6.07 Å². The molecule has 1 saturated heterocycles. The standard InChI is InChI=1S/C27H33FN4O6S/c1-3-39(36,37)27(2,26(34)30-35)9-11-32-18-29-24-17-20(5-7-22(24)25(32)33)21-6-4-19(16-23(21)28)8-10-31-12-14-38-15-13-31/h4-7,16-18,35H,3,8-15H2,1-2H3,(H,30,34). The summed E-state index contributed by atoms with van der Waals surface area (Å²) in [6, 6.07) is 10.0. The third kappa shape index (κ3) is 6.03. The number of aromatic nitrogens is 2. The molecule has 0 radical (unpaired) electrons. The molecule has 1 amide bonds. The Bertz CT molecular complexity index is 1520. The molecule has 1 fully saturated rings. The van der Waals surface area contributed by atoms with E-state index in [1.165, 1.54) is 36.3 Å². The number of hydrogen-bond acceptors (Lipinski definition) is 8. The van der Waals surface area contributed by atoms with E-state index in [1.54, 1.807) is 24.3 Å². The van der Waals surface area contributed by atoms with Crippen LogP contribution in [-0.4, -0.2) is 77.3 Å². The zero-order valence-corrected chi connectivity index (χ0v) is 22.8. The predicted molar refractivity (Wildman–Crippen MR) is 145 cm³/mol. The molecule has 3 aromatic rings. The van der Waals surface area contributed by atoms with Gasteiger partial charge in [0.1, 0.15) is 5.82 Å². The molecule has 4 rings (SSSR count). The number of sulfone groups is 1. The van der Waals surface area contributed by atoms with Gasteiger partial charge in [0.25, 0.3) is 11.5 Å². The predicted octanol–water partition coefficient (Wildman–Crippen LogP) is 2.17. The number of halogens is 1. The first-order chi connectivity index (χ1) is 18.6. The molecule has 1 aliphatic rings. The SMILES string of the molecule is CCS(=O)(=O)C(C)(CCn1cnc2cc(-c3ccc(CCN4CCOCC4)cc3F)ccc2c1=O)C(=O)NO. The number of fused-ring (bicyclic) bond motifs is 1. The van der Waals surface area contributed by atoms with Crippen molar-refractivity contribution >= 4 is 26.6 Å². The highest BCUT2D eigenvalue weighted by molar-refractivity contribution is 7.93. The fourth-order valence-electron chi connectivity index (χ4n) is 4.73. The van der Waals surface area contributed by atoms with Gasteiger partial charge in [0.2, 0.25) is 0 Å². The number of rotatable bonds is 10. The Morgan fingerprint density at radius 3 is 2.59 bits per heavy atom. The van der Waals surface area contributed by atoms with Gasteiger partial charge in [-0.1, -0.05) is 25.1 Å². The van der Waals surface area contributed by atoms with Gasteiger partial charge < -0.3 is 4.74 Å². The van der Waals surface area contributed by atoms with Crippen molar-refractivity contribution in [3.63, 3.8) is 0 Å². The van der Waals surface area contributed by atoms with Crippen LogP contribution in [0.2, 0.25) is 0 Å². The number of hydrogen-bond donors (Lipinski definition) is 2. The van der Waals surface area contributed by atoms with Gasteiger partial charge >= 0.3 is 0 Å². The second-order valence-corrected chi connectivity index (χ2v) is 12.5. The Balaban J connectivity index is 1.53. The van der Waals surface area contributed by atoms with E-state index in [4.69, 9.17) is 9.94 Å². The van der Waals surface area contributed by atoms with E-state index in [-0.39, 0.29) is 29.9 Å². The molecule has 0 spiro atoms. The number of carbonyl (C=O) groups is 1. The quantitative estimate of drug-likeness (QED) is 0.285. The van der Waals surface area contributed by atoms with Gasteiger partial charge in [-0.05, 0) is 49.1 Å². The highest BCUT2D eigenvalue weighted by Gasteiger charge is 2.45. The van der Waals surface area contributed by atoms with Gasteiger partial charge in [-0.15, -0.1) is 0 Å². The van der Waals surface area contributed by atoms with Crippen LogP contribution < -0.4 is 11.0 Å². The molecule has 0 aliphatic carbocycles. The monoisotopic (exact) mass is 560 g/mol. The van der Waals surface area contributed by atoms with Crippen molar-refractivity contribution in [2.75, 3.05) is 38.6 Å². The summed E-state index contributed by atoms with van der Waals surface area (Å²) in [6.45, 7) is 6.52. The lowest BCUT2D eigenvalue weighted by molar-refractivity contribution is -0.131. The maximum Gasteiger partial charge on any atom is 0.264 e. The summed E-state index contributed by atoms with van der Waals surface area (Å²) < 4.78 is 44.8. The molecule has 2 heterocycles. The Labute approximate surface area is 226 Å². The van der Waals surface area contributed by atoms with Crippen molar-refractivity contribution in [3.05, 3.63) is 64.5 Å². The van der Waals surface area contributed by atoms with Crippen LogP contribution in [0, 0.1) is 5.82 Å². The Morgan fingerprint density at radius 1 is 1.18 bits per heavy atom. The van der Waals surface area contributed by atoms with Crippen LogP contribution in [0.4, 0.5) is 4.39 Å². The van der Waals surface area contributed by atoms with Crippen molar-refractivity contribution in [2.24, 2.45) is 0 Å². The van der Waals surface area contributed by atoms with E-state index < -0.39 is 26.1 Å². The minimum absolute atomic E-state index is 0.118. The van der Waals surface area contributed by atoms with Gasteiger partial charge in [-0.3, -0.25) is 24.3 Å². The van der Waals surface area contributed by atoms with Crippen molar-refractivity contribution in [1.29, 1.82) is 0 Å². The van der Waals surface area contributed by atoms with Gasteiger partial charge in [0.15, 0.2) is 14.6 Å². The zero-order chi connectivity index (χ0) is 28.2. The second kappa shape index (κ2) is 11.9. The number of aryl methyl sites for hydroxylation is 1. The van der Waals surface area contributed by atoms with E-state index >= 15 is 4.39 Å². The minimum Gasteiger partial charge on any atom is -0.379 e. The summed E-state index contributed by atoms with van der Waals surface area (Å²) in [5.74, 6) is -1.73. The number of benzene rings is 2. The molecule has 12 heteroatoms. The first-order valence-electron chi connectivity index (χ1n) is 12.8. The average molecular weight is 561 g/mol. The van der Waals surface area contributed by atoms with Crippen LogP contribution in [-0.2, 0) is 32.3 Å². The summed E-state index contributed by atoms with van der Waals surface area (Å²) in [7, 11) is -3.90. The molecule has 1 aromatic heterocycles. The van der Waals surface area contributed by atoms with Crippen LogP contribution in [0.5, 0.6) is 0 Å². The highest BCUT2D eigenvalue weighted by Crippen LogP contribution is 2.27. The Hall–Kier alpha value is -3.19. The first kappa shape index (κ1) is 28.8. The number of carbonyl (C=O) groups excluding carboxylic acids is 1. The molecule has 1 aliphatic heterocycles. The average Bonchev–Trinajstić information content (AvgIpc) is 2.95. The van der Waals surface area contributed by atoms with Gasteiger partial charge in [-0.25, -0.2) is 23.3 Å². The van der Waals surface area contributed by atoms with Crippen LogP contribution in [0.25, 0.3) is 22.0 Å². The van der Waals surface area contributed by atoms with E-state index in [0.717, 1.165) is 44.8 Å². The summed E-state index contributed by atoms with van der Waals surface area (Å²) in [6.07, 6.45) is 1.76. The Morgan fingerprint density at radius 2 is 1.92 bits per heavy atom. The third-order valence-electron chi connectivity index (χ3n) is 7.47. The van der Waals surface area contributed by atoms with E-state index in [9.17, 15) is 18.0 Å². The molecular formula is C27H33FN4O6S. The lowest BCUT2D eigenvalue weighted by Gasteiger charge is -2.26. The number of hydroxylamine groups is 1. The van der Waals surface area contributed by atoms with Gasteiger partial charge in [0.05, 0.1) is 30.4 Å². The summed E-state index contributed by atoms with van der Waals surface area (Å²) >= 11 is 0. The largest absolute Gasteiger partial charge is 0.379 e. The maximum atomic E-state index is 15.1. The topological polar surface area (TPSA) is 131 Å². The number of morpholine rings is 1. The summed E-state index contributed by atoms with van der Waals surface area (Å²) in [5, 5.41) is 9.35. The highest BCUT2D eigenvalue weighted by atomic mass is 32.2. The number of ether oxygens (including phenoxy) is 1. The molecule has 1 atom stereocenters. The minimum atomic E-state index is -3.90. The van der Waals surface area contributed by atoms with Crippen LogP contribution in [0.3, 0.4) is 0 Å². The molecule has 2 aromatic carbocycles. The Kier molecular flexibility index (Phi) is 8.80. The van der Waals surface area contributed by atoms with Crippen LogP contribution >= 0.6 is 0 Å². The third-order valence-corrected chi connectivity index (χ3v) is 9.99. The summed E-state index contributed by atoms with van der Waals surface area (Å²) in [4.78, 5) is 31.9. The van der Waals surface area contributed by atoms with E-state index in [0.29, 0.717) is 16.6 Å². The molecular weight excluding hydrogens is 527 g/mol. The van der Waals surface area contributed by atoms with Crippen LogP contribution in [0.15, 0.2) is 47.5 Å². The zero-order valence-electron chi connectivity index (χ0n) is 22.0. The van der Waals surface area contributed by atoms with Crippen LogP contribution in [0.1, 0.15) is 25.8 Å². The van der Waals surface area contributed by atoms with Crippen molar-refractivity contribution in [2.45, 2.75) is 38.0 Å². The van der Waals surface area contributed by atoms with Crippen molar-refractivity contribution < 1.29 is 27.5 Å². The van der Waals surface area contributed by atoms with E-state index in [2.05, 4.69) is 9.88 Å². The number of nitrogens with zero attached hydrogens (tertiary/aromatic N) is 3. The van der Waals surface area contributed by atoms with Crippen molar-refractivity contribution in [1.82, 2.24) is 19.9 Å². The maximum absolute atomic E-state index is 15.1. The fourth-order valence-corrected chi connectivity index (χ4v) is 6.09. The lowest BCUT2D eigenvalue weighted by Crippen LogP contribution is -2.51. The molecule has 0 bridgehead atoms. The fraction of sp³-hybridized carbons (Fsp3) is 0.444. The smallest absolute Gasteiger partial charge is 0.264 e. The first-order valence-corrected chi connectivity index (χ1v) is 14.5. The molecule has 39 heavy (non-hydrogen) atoms. The molecule has 0 saturated carbocycles. The number of amides is 1. The number of nitrogens with one attached hydrogen (secondary N) is 1. The molecule has 2 N–H and O–H groups in total. The molecule has 210 valence electrons. The van der Waals surface area contributed by atoms with Gasteiger partial charge in [-0.2, -0.15) is 0 Å². The molecule has 1 unspecified atom stereocenters. The lowest BCUT2D eigenvalue weighted by atomic mass is 10.0. The normalized spacial score (nSPS) is 16.2. The molecule has 10 nitrogen and oxygen atoms in total. The second-order valence-electron chi connectivity index (χ2n) is 9.82.